The van der Waals surface area contributed by atoms with Gasteiger partial charge >= 0.3 is 6.18 Å². The van der Waals surface area contributed by atoms with Crippen molar-refractivity contribution in [1.82, 2.24) is 25.8 Å². The van der Waals surface area contributed by atoms with Gasteiger partial charge in [0.25, 0.3) is 5.92 Å². The molecule has 1 aliphatic heterocycles. The van der Waals surface area contributed by atoms with Crippen LogP contribution in [-0.4, -0.2) is 120 Å². The van der Waals surface area contributed by atoms with E-state index < -0.39 is 49.0 Å². The van der Waals surface area contributed by atoms with Crippen LogP contribution in [0.2, 0.25) is 5.02 Å². The Labute approximate surface area is 370 Å². The molecule has 0 aromatic heterocycles. The van der Waals surface area contributed by atoms with Gasteiger partial charge in [-0.1, -0.05) is 73.5 Å². The number of nitrogens with zero attached hydrogens (tertiary/aromatic N) is 2. The summed E-state index contributed by atoms with van der Waals surface area (Å²) in [6.07, 6.45) is 3.84. The second kappa shape index (κ2) is 32.3. The molecule has 1 aromatic rings. The van der Waals surface area contributed by atoms with E-state index in [1.54, 1.807) is 7.05 Å². The number of carbonyl (C=O) groups is 6. The predicted octanol–water partition coefficient (Wildman–Crippen LogP) is 6.89. The largest absolute Gasteiger partial charge is 0.403 e. The number of alkyl halides is 6. The lowest BCUT2D eigenvalue weighted by Crippen LogP contribution is -2.62. The van der Waals surface area contributed by atoms with Gasteiger partial charge < -0.3 is 36.3 Å². The van der Waals surface area contributed by atoms with Crippen LogP contribution in [0.15, 0.2) is 22.7 Å². The van der Waals surface area contributed by atoms with Crippen LogP contribution < -0.4 is 21.7 Å². The Morgan fingerprint density at radius 1 is 1.02 bits per heavy atom. The number of nitrogens with one attached hydrogen (secondary N) is 3. The zero-order valence-corrected chi connectivity index (χ0v) is 38.5. The standard InChI is InChI=1S/C24H39BrClNO.C10H11F6NO.C4H8N2O2.C2H5NO.CH3NO/c1-19(2)15-20(11-9-7-5-6-8-10-14-27(3)4)22(18-28)16-21-17-23(26)12-13-24(21)25;11-6-1-2-17(3-6)7(18)8(10(14,15)16)4-9(12,13)5-8;1-5-4(8)2-6-3-7;1-3-2-4;2-1-3/h12-13,17-20,22H,5-11,14-16H2,1-4H3;6H,1-5H2;3H,2H2,1H3,(H,5,8)(H,6,7);2H,1H3,(H,3,4);1H,(H2,2,3)/t20-,22-;;;;/m0..../s1. The number of unbranched alkanes of at least 4 members (excludes halogenated alkanes) is 5. The van der Waals surface area contributed by atoms with Crippen LogP contribution >= 0.6 is 27.5 Å². The average molecular weight is 968 g/mol. The number of benzene rings is 1. The molecular weight excluding hydrogens is 902 g/mol. The van der Waals surface area contributed by atoms with Gasteiger partial charge in [-0.2, -0.15) is 13.2 Å². The molecule has 2 aliphatic rings. The van der Waals surface area contributed by atoms with Crippen LogP contribution in [0.1, 0.15) is 90.0 Å². The van der Waals surface area contributed by atoms with Crippen molar-refractivity contribution >= 4 is 64.9 Å². The fourth-order valence-electron chi connectivity index (χ4n) is 6.67. The van der Waals surface area contributed by atoms with E-state index in [9.17, 15) is 45.5 Å². The highest BCUT2D eigenvalue weighted by atomic mass is 79.9. The van der Waals surface area contributed by atoms with Gasteiger partial charge in [0.15, 0.2) is 5.41 Å². The van der Waals surface area contributed by atoms with Gasteiger partial charge in [-0.25, -0.2) is 13.2 Å². The summed E-state index contributed by atoms with van der Waals surface area (Å²) in [6, 6.07) is 5.85. The zero-order valence-electron chi connectivity index (χ0n) is 36.1. The first-order valence-corrected chi connectivity index (χ1v) is 21.3. The molecule has 1 unspecified atom stereocenters. The molecule has 5 amide bonds. The summed E-state index contributed by atoms with van der Waals surface area (Å²) in [5.74, 6) is -3.95. The SMILES string of the molecule is CC(C)C[C@H](CCCCCCCCN(C)C)[C@H](C=O)Cc1cc(Cl)ccc1Br.CNC(=O)CNC=O.CNC=O.NC=O.O=C(N1CCC(F)C1)C1(C(F)(F)F)CC(F)(F)C1. The number of hydrogen-bond donors (Lipinski definition) is 4. The molecule has 3 rings (SSSR count). The van der Waals surface area contributed by atoms with E-state index in [0.29, 0.717) is 29.6 Å². The van der Waals surface area contributed by atoms with E-state index in [0.717, 1.165) is 34.3 Å². The monoisotopic (exact) mass is 966 g/mol. The van der Waals surface area contributed by atoms with Crippen molar-refractivity contribution in [2.24, 2.45) is 28.9 Å². The second-order valence-electron chi connectivity index (χ2n) is 15.5. The number of primary amides is 1. The molecule has 1 saturated heterocycles. The van der Waals surface area contributed by atoms with E-state index in [-0.39, 0.29) is 37.7 Å². The number of likely N-dealkylation sites (N-methyl/N-ethyl adjacent to an activating group) is 1. The van der Waals surface area contributed by atoms with Crippen LogP contribution in [0.3, 0.4) is 0 Å². The quantitative estimate of drug-likeness (QED) is 0.0627. The first-order valence-electron chi connectivity index (χ1n) is 20.1. The summed E-state index contributed by atoms with van der Waals surface area (Å²) in [5, 5.41) is 7.53. The average Bonchev–Trinajstić information content (AvgIpc) is 3.62. The molecular formula is C41H66BrClF6N6O6. The summed E-state index contributed by atoms with van der Waals surface area (Å²) in [4.78, 5) is 64.1. The van der Waals surface area contributed by atoms with Gasteiger partial charge in [0.1, 0.15) is 12.5 Å². The molecule has 1 aromatic carbocycles. The van der Waals surface area contributed by atoms with Gasteiger partial charge in [0, 0.05) is 48.9 Å². The Kier molecular flexibility index (Phi) is 31.5. The number of halogens is 8. The van der Waals surface area contributed by atoms with Crippen LogP contribution in [0.4, 0.5) is 26.3 Å². The lowest BCUT2D eigenvalue weighted by molar-refractivity contribution is -0.299. The highest BCUT2D eigenvalue weighted by Crippen LogP contribution is 2.61. The maximum atomic E-state index is 12.9. The molecule has 0 radical (unpaired) electrons. The molecule has 2 fully saturated rings. The van der Waals surface area contributed by atoms with E-state index in [2.05, 4.69) is 70.5 Å². The molecule has 1 heterocycles. The van der Waals surface area contributed by atoms with E-state index in [1.807, 2.05) is 18.2 Å². The van der Waals surface area contributed by atoms with Crippen LogP contribution in [0, 0.1) is 23.2 Å². The minimum atomic E-state index is -5.03. The second-order valence-corrected chi connectivity index (χ2v) is 16.8. The van der Waals surface area contributed by atoms with Crippen molar-refractivity contribution in [1.29, 1.82) is 0 Å². The fourth-order valence-corrected chi connectivity index (χ4v) is 7.27. The fraction of sp³-hybridized carbons (Fsp3) is 0.707. The van der Waals surface area contributed by atoms with E-state index >= 15 is 0 Å². The summed E-state index contributed by atoms with van der Waals surface area (Å²) in [5.41, 5.74) is 2.28. The first-order chi connectivity index (χ1) is 28.5. The number of aldehydes is 1. The topological polar surface area (TPSA) is 171 Å². The Bertz CT molecular complexity index is 1420. The van der Waals surface area contributed by atoms with Gasteiger partial charge in [0.2, 0.25) is 31.0 Å². The molecule has 5 N–H and O–H groups in total. The number of likely N-dealkylation sites (tertiary alicyclic amines) is 1. The first kappa shape index (κ1) is 59.6. The third-order valence-electron chi connectivity index (χ3n) is 9.68. The van der Waals surface area contributed by atoms with Crippen molar-refractivity contribution < 1.29 is 55.1 Å². The van der Waals surface area contributed by atoms with Crippen LogP contribution in [0.5, 0.6) is 0 Å². The number of hydrogen-bond acceptors (Lipinski definition) is 7. The highest BCUT2D eigenvalue weighted by Gasteiger charge is 2.74. The minimum Gasteiger partial charge on any atom is -0.372 e. The number of carbonyl (C=O) groups excluding carboxylic acids is 6. The van der Waals surface area contributed by atoms with Gasteiger partial charge in [-0.3, -0.25) is 24.0 Å². The molecule has 3 atom stereocenters. The molecule has 0 spiro atoms. The van der Waals surface area contributed by atoms with Crippen molar-refractivity contribution in [3.05, 3.63) is 33.3 Å². The zero-order chi connectivity index (χ0) is 47.2. The highest BCUT2D eigenvalue weighted by molar-refractivity contribution is 9.10. The molecule has 61 heavy (non-hydrogen) atoms. The van der Waals surface area contributed by atoms with Gasteiger partial charge in [0.05, 0.1) is 13.1 Å². The molecule has 12 nitrogen and oxygen atoms in total. The Hall–Kier alpha value is -3.45. The van der Waals surface area contributed by atoms with Gasteiger partial charge in [-0.05, 0) is 88.3 Å². The van der Waals surface area contributed by atoms with Crippen molar-refractivity contribution in [2.45, 2.75) is 109 Å². The molecule has 1 aliphatic carbocycles. The summed E-state index contributed by atoms with van der Waals surface area (Å²) in [7, 11) is 7.35. The minimum absolute atomic E-state index is 0.0456. The normalized spacial score (nSPS) is 16.8. The Balaban J connectivity index is 0. The van der Waals surface area contributed by atoms with Crippen molar-refractivity contribution in [3.63, 3.8) is 0 Å². The Morgan fingerprint density at radius 3 is 2.00 bits per heavy atom. The predicted molar refractivity (Wildman–Crippen MR) is 228 cm³/mol. The van der Waals surface area contributed by atoms with Crippen molar-refractivity contribution in [3.8, 4) is 0 Å². The lowest BCUT2D eigenvalue weighted by Gasteiger charge is -2.47. The smallest absolute Gasteiger partial charge is 0.372 e. The van der Waals surface area contributed by atoms with Crippen LogP contribution in [-0.2, 0) is 35.2 Å². The summed E-state index contributed by atoms with van der Waals surface area (Å²) >= 11 is 9.78. The molecule has 1 saturated carbocycles. The lowest BCUT2D eigenvalue weighted by atomic mass is 9.64. The maximum Gasteiger partial charge on any atom is 0.403 e. The third kappa shape index (κ3) is 25.3. The number of amides is 5. The van der Waals surface area contributed by atoms with E-state index in [4.69, 9.17) is 21.2 Å². The van der Waals surface area contributed by atoms with Gasteiger partial charge in [-0.15, -0.1) is 0 Å². The number of nitrogens with two attached hydrogens (primary N) is 1. The van der Waals surface area contributed by atoms with Crippen LogP contribution in [0.25, 0.3) is 0 Å². The summed E-state index contributed by atoms with van der Waals surface area (Å²) < 4.78 is 77.9. The third-order valence-corrected chi connectivity index (χ3v) is 10.7. The van der Waals surface area contributed by atoms with Crippen molar-refractivity contribution in [2.75, 3.05) is 54.4 Å². The number of rotatable bonds is 20. The Morgan fingerprint density at radius 2 is 1.57 bits per heavy atom. The molecule has 20 heteroatoms. The molecule has 0 bridgehead atoms. The summed E-state index contributed by atoms with van der Waals surface area (Å²) in [6.45, 7) is 5.17. The van der Waals surface area contributed by atoms with E-state index in [1.165, 1.54) is 58.4 Å². The molecule has 352 valence electrons. The maximum absolute atomic E-state index is 12.9.